The summed E-state index contributed by atoms with van der Waals surface area (Å²) in [5.41, 5.74) is 3.32. The summed E-state index contributed by atoms with van der Waals surface area (Å²) in [5, 5.41) is 0. The fraction of sp³-hybridized carbons (Fsp3) is 0.263. The Morgan fingerprint density at radius 1 is 1.21 bits per heavy atom. The van der Waals surface area contributed by atoms with Crippen molar-refractivity contribution in [2.75, 3.05) is 7.05 Å². The molecular weight excluding hydrogens is 305 g/mol. The molecule has 3 aromatic rings. The standard InChI is InChI=1S/C19H20FN3O/c1-13-4-9-18-21-17(10-19(24)23(18)11-13)12-22(3)14(2)15-5-7-16(20)8-6-15/h4-11,14H,12H2,1-3H3/t14-/m0/s1. The number of rotatable bonds is 4. The molecule has 2 heterocycles. The summed E-state index contributed by atoms with van der Waals surface area (Å²) < 4.78 is 14.6. The minimum atomic E-state index is -0.242. The van der Waals surface area contributed by atoms with Gasteiger partial charge in [0.2, 0.25) is 0 Å². The van der Waals surface area contributed by atoms with E-state index in [9.17, 15) is 9.18 Å². The summed E-state index contributed by atoms with van der Waals surface area (Å²) in [6, 6.07) is 11.9. The summed E-state index contributed by atoms with van der Waals surface area (Å²) in [6.07, 6.45) is 1.79. The number of fused-ring (bicyclic) bond motifs is 1. The first-order valence-corrected chi connectivity index (χ1v) is 7.89. The molecule has 0 aliphatic heterocycles. The Bertz CT molecular complexity index is 918. The Labute approximate surface area is 140 Å². The van der Waals surface area contributed by atoms with Gasteiger partial charge in [-0.3, -0.25) is 14.1 Å². The second-order valence-electron chi connectivity index (χ2n) is 6.16. The second kappa shape index (κ2) is 6.53. The molecule has 4 nitrogen and oxygen atoms in total. The molecule has 5 heteroatoms. The largest absolute Gasteiger partial charge is 0.294 e. The maximum Gasteiger partial charge on any atom is 0.258 e. The van der Waals surface area contributed by atoms with Gasteiger partial charge in [0.05, 0.1) is 5.69 Å². The molecule has 0 N–H and O–H groups in total. The number of hydrogen-bond acceptors (Lipinski definition) is 3. The van der Waals surface area contributed by atoms with Gasteiger partial charge < -0.3 is 0 Å². The van der Waals surface area contributed by atoms with Gasteiger partial charge in [0.1, 0.15) is 11.5 Å². The SMILES string of the molecule is Cc1ccc2nc(CN(C)[C@@H](C)c3ccc(F)cc3)cc(=O)n2c1. The Hall–Kier alpha value is -2.53. The number of hydrogen-bond donors (Lipinski definition) is 0. The molecule has 24 heavy (non-hydrogen) atoms. The molecule has 2 aromatic heterocycles. The predicted octanol–water partition coefficient (Wildman–Crippen LogP) is 3.34. The van der Waals surface area contributed by atoms with Gasteiger partial charge in [-0.2, -0.15) is 0 Å². The van der Waals surface area contributed by atoms with Crippen LogP contribution in [-0.4, -0.2) is 21.3 Å². The van der Waals surface area contributed by atoms with E-state index in [0.717, 1.165) is 16.8 Å². The lowest BCUT2D eigenvalue weighted by molar-refractivity contribution is 0.250. The lowest BCUT2D eigenvalue weighted by atomic mass is 10.1. The average molecular weight is 325 g/mol. The van der Waals surface area contributed by atoms with E-state index in [4.69, 9.17) is 0 Å². The molecule has 0 radical (unpaired) electrons. The molecule has 0 saturated heterocycles. The van der Waals surface area contributed by atoms with Crippen molar-refractivity contribution in [2.45, 2.75) is 26.4 Å². The van der Waals surface area contributed by atoms with Crippen molar-refractivity contribution in [3.8, 4) is 0 Å². The minimum absolute atomic E-state index is 0.0819. The van der Waals surface area contributed by atoms with Gasteiger partial charge in [-0.1, -0.05) is 18.2 Å². The van der Waals surface area contributed by atoms with Crippen LogP contribution in [0.25, 0.3) is 5.65 Å². The van der Waals surface area contributed by atoms with E-state index in [0.29, 0.717) is 12.2 Å². The Morgan fingerprint density at radius 3 is 2.62 bits per heavy atom. The van der Waals surface area contributed by atoms with Crippen LogP contribution in [0.5, 0.6) is 0 Å². The number of nitrogens with zero attached hydrogens (tertiary/aromatic N) is 3. The minimum Gasteiger partial charge on any atom is -0.294 e. The molecule has 124 valence electrons. The normalized spacial score (nSPS) is 12.7. The molecular formula is C19H20FN3O. The molecule has 0 aliphatic rings. The molecule has 3 rings (SSSR count). The van der Waals surface area contributed by atoms with Gasteiger partial charge in [0.15, 0.2) is 0 Å². The summed E-state index contributed by atoms with van der Waals surface area (Å²) in [6.45, 7) is 4.53. The Balaban J connectivity index is 1.84. The van der Waals surface area contributed by atoms with E-state index in [1.165, 1.54) is 12.1 Å². The van der Waals surface area contributed by atoms with Crippen molar-refractivity contribution >= 4 is 5.65 Å². The molecule has 0 saturated carbocycles. The van der Waals surface area contributed by atoms with Gasteiger partial charge in [0.25, 0.3) is 5.56 Å². The first-order chi connectivity index (χ1) is 11.4. The summed E-state index contributed by atoms with van der Waals surface area (Å²) in [7, 11) is 1.96. The van der Waals surface area contributed by atoms with Crippen LogP contribution in [0.3, 0.4) is 0 Å². The zero-order chi connectivity index (χ0) is 17.3. The highest BCUT2D eigenvalue weighted by molar-refractivity contribution is 5.40. The predicted molar refractivity (Wildman–Crippen MR) is 92.5 cm³/mol. The molecule has 0 fully saturated rings. The fourth-order valence-corrected chi connectivity index (χ4v) is 2.73. The highest BCUT2D eigenvalue weighted by Gasteiger charge is 2.13. The number of aryl methyl sites for hydroxylation is 1. The Kier molecular flexibility index (Phi) is 4.44. The van der Waals surface area contributed by atoms with Crippen molar-refractivity contribution in [1.82, 2.24) is 14.3 Å². The van der Waals surface area contributed by atoms with Crippen LogP contribution in [0, 0.1) is 12.7 Å². The van der Waals surface area contributed by atoms with Crippen LogP contribution >= 0.6 is 0 Å². The van der Waals surface area contributed by atoms with Crippen molar-refractivity contribution in [3.05, 3.63) is 81.7 Å². The maximum atomic E-state index is 13.1. The monoisotopic (exact) mass is 325 g/mol. The molecule has 1 aromatic carbocycles. The first-order valence-electron chi connectivity index (χ1n) is 7.89. The number of aromatic nitrogens is 2. The molecule has 0 amide bonds. The topological polar surface area (TPSA) is 37.6 Å². The van der Waals surface area contributed by atoms with Crippen LogP contribution in [-0.2, 0) is 6.54 Å². The highest BCUT2D eigenvalue weighted by Crippen LogP contribution is 2.20. The molecule has 1 atom stereocenters. The zero-order valence-electron chi connectivity index (χ0n) is 14.0. The quantitative estimate of drug-likeness (QED) is 0.738. The Morgan fingerprint density at radius 2 is 1.92 bits per heavy atom. The maximum absolute atomic E-state index is 13.1. The van der Waals surface area contributed by atoms with Crippen molar-refractivity contribution in [2.24, 2.45) is 0 Å². The van der Waals surface area contributed by atoms with Crippen LogP contribution in [0.4, 0.5) is 4.39 Å². The van der Waals surface area contributed by atoms with E-state index in [1.807, 2.05) is 33.0 Å². The van der Waals surface area contributed by atoms with Crippen LogP contribution in [0.1, 0.15) is 29.8 Å². The number of halogens is 1. The molecule has 0 bridgehead atoms. The van der Waals surface area contributed by atoms with Gasteiger partial charge in [-0.05, 0) is 50.2 Å². The van der Waals surface area contributed by atoms with Gasteiger partial charge >= 0.3 is 0 Å². The fourth-order valence-electron chi connectivity index (χ4n) is 2.73. The third-order valence-electron chi connectivity index (χ3n) is 4.29. The van der Waals surface area contributed by atoms with Gasteiger partial charge in [-0.15, -0.1) is 0 Å². The third-order valence-corrected chi connectivity index (χ3v) is 4.29. The van der Waals surface area contributed by atoms with Crippen LogP contribution in [0.15, 0.2) is 53.5 Å². The smallest absolute Gasteiger partial charge is 0.258 e. The van der Waals surface area contributed by atoms with Crippen LogP contribution in [0.2, 0.25) is 0 Å². The molecule has 0 aliphatic carbocycles. The van der Waals surface area contributed by atoms with E-state index < -0.39 is 0 Å². The number of benzene rings is 1. The summed E-state index contributed by atoms with van der Waals surface area (Å²) in [5.74, 6) is -0.242. The second-order valence-corrected chi connectivity index (χ2v) is 6.16. The van der Waals surface area contributed by atoms with Gasteiger partial charge in [-0.25, -0.2) is 9.37 Å². The van der Waals surface area contributed by atoms with Gasteiger partial charge in [0, 0.05) is 24.8 Å². The third kappa shape index (κ3) is 3.36. The lowest BCUT2D eigenvalue weighted by Gasteiger charge is -2.24. The molecule has 0 unspecified atom stereocenters. The highest BCUT2D eigenvalue weighted by atomic mass is 19.1. The van der Waals surface area contributed by atoms with E-state index in [1.54, 1.807) is 28.8 Å². The summed E-state index contributed by atoms with van der Waals surface area (Å²) >= 11 is 0. The molecule has 0 spiro atoms. The van der Waals surface area contributed by atoms with E-state index in [-0.39, 0.29) is 17.4 Å². The zero-order valence-corrected chi connectivity index (χ0v) is 14.0. The van der Waals surface area contributed by atoms with Crippen LogP contribution < -0.4 is 5.56 Å². The van der Waals surface area contributed by atoms with E-state index in [2.05, 4.69) is 9.88 Å². The van der Waals surface area contributed by atoms with Crippen molar-refractivity contribution < 1.29 is 4.39 Å². The summed E-state index contributed by atoms with van der Waals surface area (Å²) in [4.78, 5) is 18.9. The van der Waals surface area contributed by atoms with Crippen molar-refractivity contribution in [3.63, 3.8) is 0 Å². The number of pyridine rings is 1. The average Bonchev–Trinajstić information content (AvgIpc) is 2.55. The van der Waals surface area contributed by atoms with E-state index >= 15 is 0 Å². The first kappa shape index (κ1) is 16.3. The van der Waals surface area contributed by atoms with Crippen molar-refractivity contribution in [1.29, 1.82) is 0 Å². The lowest BCUT2D eigenvalue weighted by Crippen LogP contribution is -2.24.